The summed E-state index contributed by atoms with van der Waals surface area (Å²) in [6, 6.07) is 2.02. The molecule has 1 aromatic heterocycles. The van der Waals surface area contributed by atoms with Gasteiger partial charge in [-0.15, -0.1) is 0 Å². The minimum Gasteiger partial charge on any atom is -0.312 e. The summed E-state index contributed by atoms with van der Waals surface area (Å²) >= 11 is 6.19. The highest BCUT2D eigenvalue weighted by Crippen LogP contribution is 2.29. The molecule has 102 valence electrons. The molecular weight excluding hydrogens is 244 g/mol. The maximum atomic E-state index is 6.19. The van der Waals surface area contributed by atoms with Gasteiger partial charge in [0.15, 0.2) is 0 Å². The second-order valence-electron chi connectivity index (χ2n) is 6.41. The van der Waals surface area contributed by atoms with Gasteiger partial charge in [-0.25, -0.2) is 0 Å². The Bertz CT molecular complexity index is 384. The zero-order chi connectivity index (χ0) is 13.8. The third-order valence-electron chi connectivity index (χ3n) is 3.37. The summed E-state index contributed by atoms with van der Waals surface area (Å²) in [5, 5.41) is 4.37. The van der Waals surface area contributed by atoms with E-state index in [0.29, 0.717) is 0 Å². The van der Waals surface area contributed by atoms with Crippen LogP contribution in [0.25, 0.3) is 0 Å². The second kappa shape index (κ2) is 6.03. The van der Waals surface area contributed by atoms with Crippen molar-refractivity contribution in [1.82, 2.24) is 10.3 Å². The van der Waals surface area contributed by atoms with Gasteiger partial charge in [0.2, 0.25) is 0 Å². The Morgan fingerprint density at radius 1 is 1.28 bits per heavy atom. The van der Waals surface area contributed by atoms with E-state index < -0.39 is 0 Å². The van der Waals surface area contributed by atoms with Gasteiger partial charge in [-0.05, 0) is 50.7 Å². The standard InChI is InChI=1S/C15H25ClN2/c1-6-15(5,11-18-14(2,3)4)9-12-7-8-17-10-13(12)16/h7-8,10,18H,6,9,11H2,1-5H3. The summed E-state index contributed by atoms with van der Waals surface area (Å²) in [6.45, 7) is 12.1. The van der Waals surface area contributed by atoms with Crippen LogP contribution in [-0.2, 0) is 6.42 Å². The maximum absolute atomic E-state index is 6.19. The molecule has 0 amide bonds. The van der Waals surface area contributed by atoms with Gasteiger partial charge in [-0.3, -0.25) is 4.98 Å². The Hall–Kier alpha value is -0.600. The molecule has 3 heteroatoms. The smallest absolute Gasteiger partial charge is 0.0621 e. The van der Waals surface area contributed by atoms with E-state index >= 15 is 0 Å². The number of hydrogen-bond donors (Lipinski definition) is 1. The van der Waals surface area contributed by atoms with E-state index in [-0.39, 0.29) is 11.0 Å². The van der Waals surface area contributed by atoms with Crippen molar-refractivity contribution in [2.75, 3.05) is 6.54 Å². The van der Waals surface area contributed by atoms with E-state index in [4.69, 9.17) is 11.6 Å². The molecule has 0 aliphatic rings. The highest BCUT2D eigenvalue weighted by molar-refractivity contribution is 6.31. The molecule has 0 radical (unpaired) electrons. The Balaban J connectivity index is 2.74. The first kappa shape index (κ1) is 15.5. The van der Waals surface area contributed by atoms with E-state index in [0.717, 1.165) is 24.4 Å². The molecule has 2 nitrogen and oxygen atoms in total. The van der Waals surface area contributed by atoms with E-state index in [1.54, 1.807) is 6.20 Å². The fraction of sp³-hybridized carbons (Fsp3) is 0.667. The van der Waals surface area contributed by atoms with Crippen LogP contribution in [0.3, 0.4) is 0 Å². The van der Waals surface area contributed by atoms with Gasteiger partial charge in [0.25, 0.3) is 0 Å². The summed E-state index contributed by atoms with van der Waals surface area (Å²) in [4.78, 5) is 4.04. The monoisotopic (exact) mass is 268 g/mol. The molecule has 1 unspecified atom stereocenters. The number of nitrogens with one attached hydrogen (secondary N) is 1. The summed E-state index contributed by atoms with van der Waals surface area (Å²) < 4.78 is 0. The van der Waals surface area contributed by atoms with Crippen LogP contribution in [0.4, 0.5) is 0 Å². The second-order valence-corrected chi connectivity index (χ2v) is 6.82. The molecule has 1 heterocycles. The van der Waals surface area contributed by atoms with Crippen LogP contribution in [0, 0.1) is 5.41 Å². The van der Waals surface area contributed by atoms with Crippen molar-refractivity contribution < 1.29 is 0 Å². The molecule has 0 aliphatic carbocycles. The Kier molecular flexibility index (Phi) is 5.18. The molecule has 18 heavy (non-hydrogen) atoms. The van der Waals surface area contributed by atoms with E-state index in [2.05, 4.69) is 44.9 Å². The molecule has 0 aliphatic heterocycles. The van der Waals surface area contributed by atoms with E-state index in [1.807, 2.05) is 12.3 Å². The van der Waals surface area contributed by atoms with Crippen LogP contribution in [0.5, 0.6) is 0 Å². The zero-order valence-electron chi connectivity index (χ0n) is 12.2. The first-order valence-electron chi connectivity index (χ1n) is 6.59. The molecule has 1 aromatic rings. The van der Waals surface area contributed by atoms with Crippen molar-refractivity contribution in [1.29, 1.82) is 0 Å². The number of rotatable bonds is 5. The molecule has 0 saturated heterocycles. The summed E-state index contributed by atoms with van der Waals surface area (Å²) in [6.07, 6.45) is 5.64. The van der Waals surface area contributed by atoms with E-state index in [9.17, 15) is 0 Å². The molecular formula is C15H25ClN2. The predicted octanol–water partition coefficient (Wildman–Crippen LogP) is 4.08. The number of aromatic nitrogens is 1. The average molecular weight is 269 g/mol. The van der Waals surface area contributed by atoms with Crippen molar-refractivity contribution >= 4 is 11.6 Å². The van der Waals surface area contributed by atoms with Crippen molar-refractivity contribution in [3.63, 3.8) is 0 Å². The van der Waals surface area contributed by atoms with Crippen LogP contribution in [0.15, 0.2) is 18.5 Å². The van der Waals surface area contributed by atoms with E-state index in [1.165, 1.54) is 5.56 Å². The summed E-state index contributed by atoms with van der Waals surface area (Å²) in [5.74, 6) is 0. The molecule has 0 spiro atoms. The van der Waals surface area contributed by atoms with Gasteiger partial charge < -0.3 is 5.32 Å². The van der Waals surface area contributed by atoms with Crippen molar-refractivity contribution in [3.8, 4) is 0 Å². The van der Waals surface area contributed by atoms with Crippen LogP contribution in [0.2, 0.25) is 5.02 Å². The fourth-order valence-corrected chi connectivity index (χ4v) is 1.98. The van der Waals surface area contributed by atoms with Gasteiger partial charge in [-0.2, -0.15) is 0 Å². The van der Waals surface area contributed by atoms with Crippen molar-refractivity contribution in [2.45, 2.75) is 53.0 Å². The van der Waals surface area contributed by atoms with Gasteiger partial charge in [0.1, 0.15) is 0 Å². The van der Waals surface area contributed by atoms with Crippen LogP contribution >= 0.6 is 11.6 Å². The summed E-state index contributed by atoms with van der Waals surface area (Å²) in [7, 11) is 0. The van der Waals surface area contributed by atoms with Crippen LogP contribution in [0.1, 0.15) is 46.6 Å². The molecule has 1 N–H and O–H groups in total. The lowest BCUT2D eigenvalue weighted by molar-refractivity contribution is 0.255. The SMILES string of the molecule is CCC(C)(CNC(C)(C)C)Cc1ccncc1Cl. The quantitative estimate of drug-likeness (QED) is 0.870. The number of hydrogen-bond acceptors (Lipinski definition) is 2. The van der Waals surface area contributed by atoms with Crippen LogP contribution in [-0.4, -0.2) is 17.1 Å². The molecule has 0 saturated carbocycles. The average Bonchev–Trinajstić information content (AvgIpc) is 2.29. The largest absolute Gasteiger partial charge is 0.312 e. The Morgan fingerprint density at radius 2 is 1.94 bits per heavy atom. The lowest BCUT2D eigenvalue weighted by Crippen LogP contribution is -2.43. The number of halogens is 1. The number of nitrogens with zero attached hydrogens (tertiary/aromatic N) is 1. The third-order valence-corrected chi connectivity index (χ3v) is 3.71. The normalized spacial score (nSPS) is 15.4. The number of pyridine rings is 1. The van der Waals surface area contributed by atoms with Crippen molar-refractivity contribution in [3.05, 3.63) is 29.0 Å². The molecule has 1 rings (SSSR count). The lowest BCUT2D eigenvalue weighted by atomic mass is 9.80. The topological polar surface area (TPSA) is 24.9 Å². The molecule has 0 bridgehead atoms. The first-order chi connectivity index (χ1) is 8.26. The maximum Gasteiger partial charge on any atom is 0.0621 e. The van der Waals surface area contributed by atoms with Crippen LogP contribution < -0.4 is 5.32 Å². The lowest BCUT2D eigenvalue weighted by Gasteiger charge is -2.33. The Labute approximate surface area is 116 Å². The first-order valence-corrected chi connectivity index (χ1v) is 6.97. The minimum atomic E-state index is 0.151. The third kappa shape index (κ3) is 4.95. The predicted molar refractivity (Wildman–Crippen MR) is 79.1 cm³/mol. The molecule has 1 atom stereocenters. The molecule has 0 aromatic carbocycles. The highest BCUT2D eigenvalue weighted by atomic mass is 35.5. The van der Waals surface area contributed by atoms with Gasteiger partial charge in [0, 0.05) is 24.5 Å². The van der Waals surface area contributed by atoms with Gasteiger partial charge in [0.05, 0.1) is 5.02 Å². The highest BCUT2D eigenvalue weighted by Gasteiger charge is 2.25. The summed E-state index contributed by atoms with van der Waals surface area (Å²) in [5.41, 5.74) is 1.56. The minimum absolute atomic E-state index is 0.151. The fourth-order valence-electron chi connectivity index (χ4n) is 1.80. The Morgan fingerprint density at radius 3 is 2.44 bits per heavy atom. The van der Waals surface area contributed by atoms with Gasteiger partial charge in [-0.1, -0.05) is 25.4 Å². The van der Waals surface area contributed by atoms with Gasteiger partial charge >= 0.3 is 0 Å². The van der Waals surface area contributed by atoms with Crippen molar-refractivity contribution in [2.24, 2.45) is 5.41 Å². The zero-order valence-corrected chi connectivity index (χ0v) is 12.9. The molecule has 0 fully saturated rings.